The van der Waals surface area contributed by atoms with Gasteiger partial charge in [-0.1, -0.05) is 6.07 Å². The molecule has 5 unspecified atom stereocenters. The summed E-state index contributed by atoms with van der Waals surface area (Å²) in [6.45, 7) is 1.89. The molecule has 0 heterocycles. The number of aliphatic hydroxyl groups excluding tert-OH is 1. The highest BCUT2D eigenvalue weighted by atomic mass is 19.1. The van der Waals surface area contributed by atoms with E-state index >= 15 is 0 Å². The molecule has 0 aliphatic heterocycles. The molecule has 1 N–H and O–H groups in total. The molecule has 3 aliphatic carbocycles. The largest absolute Gasteiger partial charge is 0.388 e. The number of aryl methyl sites for hydroxylation is 1. The van der Waals surface area contributed by atoms with Crippen LogP contribution in [0.5, 0.6) is 0 Å². The Balaban J connectivity index is 1.59. The van der Waals surface area contributed by atoms with Crippen LogP contribution in [0, 0.1) is 42.3 Å². The molecule has 1 aromatic carbocycles. The molecule has 1 aromatic rings. The van der Waals surface area contributed by atoms with Crippen LogP contribution in [0.15, 0.2) is 18.2 Å². The van der Waals surface area contributed by atoms with Gasteiger partial charge in [-0.3, -0.25) is 0 Å². The van der Waals surface area contributed by atoms with Gasteiger partial charge in [-0.05, 0) is 79.0 Å². The van der Waals surface area contributed by atoms with E-state index in [9.17, 15) is 9.50 Å². The van der Waals surface area contributed by atoms with Crippen molar-refractivity contribution in [3.63, 3.8) is 0 Å². The van der Waals surface area contributed by atoms with Gasteiger partial charge in [0.15, 0.2) is 0 Å². The Morgan fingerprint density at radius 1 is 1.17 bits per heavy atom. The third kappa shape index (κ3) is 1.41. The van der Waals surface area contributed by atoms with Gasteiger partial charge in [0, 0.05) is 0 Å². The second-order valence-corrected chi connectivity index (χ2v) is 6.57. The zero-order valence-corrected chi connectivity index (χ0v) is 10.6. The first-order valence-corrected chi connectivity index (χ1v) is 7.10. The average molecular weight is 246 g/mol. The minimum absolute atomic E-state index is 0.224. The number of hydrogen-bond donors (Lipinski definition) is 1. The van der Waals surface area contributed by atoms with Crippen LogP contribution in [0.3, 0.4) is 0 Å². The zero-order valence-electron chi connectivity index (χ0n) is 10.6. The van der Waals surface area contributed by atoms with Crippen molar-refractivity contribution in [1.29, 1.82) is 0 Å². The van der Waals surface area contributed by atoms with Gasteiger partial charge in [-0.2, -0.15) is 0 Å². The van der Waals surface area contributed by atoms with Crippen molar-refractivity contribution in [2.24, 2.45) is 29.6 Å². The number of halogens is 1. The smallest absolute Gasteiger partial charge is 0.123 e. The molecule has 0 amide bonds. The van der Waals surface area contributed by atoms with Gasteiger partial charge in [-0.15, -0.1) is 0 Å². The molecule has 0 spiro atoms. The topological polar surface area (TPSA) is 20.2 Å². The Bertz CT molecular complexity index is 462. The lowest BCUT2D eigenvalue weighted by molar-refractivity contribution is 0.129. The Morgan fingerprint density at radius 3 is 2.44 bits per heavy atom. The molecule has 3 aliphatic rings. The molecule has 5 atom stereocenters. The number of benzene rings is 1. The highest BCUT2D eigenvalue weighted by Crippen LogP contribution is 2.72. The molecule has 2 heteroatoms. The van der Waals surface area contributed by atoms with E-state index in [1.165, 1.54) is 31.4 Å². The fraction of sp³-hybridized carbons (Fsp3) is 0.625. The molecule has 18 heavy (non-hydrogen) atoms. The van der Waals surface area contributed by atoms with E-state index in [0.29, 0.717) is 5.92 Å². The normalized spacial score (nSPS) is 41.8. The molecule has 1 nitrogen and oxygen atoms in total. The predicted octanol–water partition coefficient (Wildman–Crippen LogP) is 3.46. The second kappa shape index (κ2) is 3.57. The SMILES string of the molecule is Cc1cc(F)cc(C(O)C2C3C4CCC(C4)C32)c1. The fourth-order valence-electron chi connectivity index (χ4n) is 4.97. The molecule has 2 bridgehead atoms. The highest BCUT2D eigenvalue weighted by molar-refractivity contribution is 5.29. The lowest BCUT2D eigenvalue weighted by Gasteiger charge is -2.16. The van der Waals surface area contributed by atoms with Crippen LogP contribution in [0.1, 0.15) is 36.5 Å². The molecule has 4 rings (SSSR count). The first-order chi connectivity index (χ1) is 8.65. The van der Waals surface area contributed by atoms with Gasteiger partial charge in [0.25, 0.3) is 0 Å². The van der Waals surface area contributed by atoms with E-state index in [1.807, 2.05) is 13.0 Å². The first-order valence-electron chi connectivity index (χ1n) is 7.10. The van der Waals surface area contributed by atoms with Crippen LogP contribution in [-0.2, 0) is 0 Å². The molecular weight excluding hydrogens is 227 g/mol. The van der Waals surface area contributed by atoms with E-state index < -0.39 is 6.10 Å². The lowest BCUT2D eigenvalue weighted by atomic mass is 9.94. The van der Waals surface area contributed by atoms with Crippen LogP contribution >= 0.6 is 0 Å². The van der Waals surface area contributed by atoms with Crippen molar-refractivity contribution < 1.29 is 9.50 Å². The zero-order chi connectivity index (χ0) is 12.4. The summed E-state index contributed by atoms with van der Waals surface area (Å²) in [5.41, 5.74) is 1.68. The minimum Gasteiger partial charge on any atom is -0.388 e. The molecule has 0 saturated heterocycles. The number of hydrogen-bond acceptors (Lipinski definition) is 1. The second-order valence-electron chi connectivity index (χ2n) is 6.57. The fourth-order valence-corrected chi connectivity index (χ4v) is 4.97. The molecule has 3 saturated carbocycles. The maximum absolute atomic E-state index is 13.4. The van der Waals surface area contributed by atoms with Crippen molar-refractivity contribution in [2.45, 2.75) is 32.3 Å². The Hall–Kier alpha value is -0.890. The van der Waals surface area contributed by atoms with E-state index in [2.05, 4.69) is 0 Å². The van der Waals surface area contributed by atoms with Crippen LogP contribution in [0.4, 0.5) is 4.39 Å². The molecule has 0 radical (unpaired) electrons. The van der Waals surface area contributed by atoms with E-state index in [1.54, 1.807) is 0 Å². The van der Waals surface area contributed by atoms with Crippen molar-refractivity contribution in [1.82, 2.24) is 0 Å². The molecule has 96 valence electrons. The summed E-state index contributed by atoms with van der Waals surface area (Å²) >= 11 is 0. The maximum Gasteiger partial charge on any atom is 0.123 e. The summed E-state index contributed by atoms with van der Waals surface area (Å²) in [4.78, 5) is 0. The first kappa shape index (κ1) is 11.0. The molecular formula is C16H19FO. The van der Waals surface area contributed by atoms with E-state index in [0.717, 1.165) is 34.8 Å². The summed E-state index contributed by atoms with van der Waals surface area (Å²) in [7, 11) is 0. The van der Waals surface area contributed by atoms with Gasteiger partial charge < -0.3 is 5.11 Å². The molecule has 3 fully saturated rings. The van der Waals surface area contributed by atoms with E-state index in [-0.39, 0.29) is 5.82 Å². The predicted molar refractivity (Wildman–Crippen MR) is 67.4 cm³/mol. The van der Waals surface area contributed by atoms with Crippen molar-refractivity contribution >= 4 is 0 Å². The van der Waals surface area contributed by atoms with E-state index in [4.69, 9.17) is 0 Å². The van der Waals surface area contributed by atoms with Crippen molar-refractivity contribution in [3.05, 3.63) is 35.1 Å². The minimum atomic E-state index is -0.446. The summed E-state index contributed by atoms with van der Waals surface area (Å²) in [5, 5.41) is 10.5. The quantitative estimate of drug-likeness (QED) is 0.847. The molecule has 0 aromatic heterocycles. The lowest BCUT2D eigenvalue weighted by Crippen LogP contribution is -2.09. The van der Waals surface area contributed by atoms with Crippen molar-refractivity contribution in [2.75, 3.05) is 0 Å². The van der Waals surface area contributed by atoms with Gasteiger partial charge in [0.2, 0.25) is 0 Å². The summed E-state index contributed by atoms with van der Waals surface area (Å²) in [5.74, 6) is 3.38. The van der Waals surface area contributed by atoms with Crippen LogP contribution < -0.4 is 0 Å². The van der Waals surface area contributed by atoms with Gasteiger partial charge in [0.1, 0.15) is 5.82 Å². The third-order valence-corrected chi connectivity index (χ3v) is 5.57. The van der Waals surface area contributed by atoms with Crippen LogP contribution in [-0.4, -0.2) is 5.11 Å². The average Bonchev–Trinajstić information content (AvgIpc) is 2.74. The number of rotatable bonds is 2. The van der Waals surface area contributed by atoms with Crippen molar-refractivity contribution in [3.8, 4) is 0 Å². The van der Waals surface area contributed by atoms with Crippen LogP contribution in [0.25, 0.3) is 0 Å². The monoisotopic (exact) mass is 246 g/mol. The third-order valence-electron chi connectivity index (χ3n) is 5.57. The Morgan fingerprint density at radius 2 is 1.83 bits per heavy atom. The summed E-state index contributed by atoms with van der Waals surface area (Å²) in [6, 6.07) is 4.96. The Kier molecular flexibility index (Phi) is 2.18. The summed E-state index contributed by atoms with van der Waals surface area (Å²) in [6.07, 6.45) is 3.66. The standard InChI is InChI=1S/C16H19FO/c1-8-4-11(7-12(17)5-8)16(18)15-13-9-2-3-10(6-9)14(13)15/h4-5,7,9-10,13-16,18H,2-3,6H2,1H3. The van der Waals surface area contributed by atoms with Gasteiger partial charge >= 0.3 is 0 Å². The van der Waals surface area contributed by atoms with Crippen LogP contribution in [0.2, 0.25) is 0 Å². The number of fused-ring (bicyclic) bond motifs is 5. The van der Waals surface area contributed by atoms with Gasteiger partial charge in [0.05, 0.1) is 6.10 Å². The number of aliphatic hydroxyl groups is 1. The highest BCUT2D eigenvalue weighted by Gasteiger charge is 2.66. The maximum atomic E-state index is 13.4. The Labute approximate surface area is 107 Å². The summed E-state index contributed by atoms with van der Waals surface area (Å²) < 4.78 is 13.4. The van der Waals surface area contributed by atoms with Gasteiger partial charge in [-0.25, -0.2) is 4.39 Å².